The van der Waals surface area contributed by atoms with Gasteiger partial charge in [-0.3, -0.25) is 19.4 Å². The lowest BCUT2D eigenvalue weighted by Crippen LogP contribution is -2.43. The first-order valence-corrected chi connectivity index (χ1v) is 9.93. The average molecular weight is 426 g/mol. The minimum atomic E-state index is -0.939. The largest absolute Gasteiger partial charge is 0.324 e. The van der Waals surface area contributed by atoms with E-state index in [4.69, 9.17) is 11.6 Å². The molecular formula is C21H20ClN5O3. The minimum absolute atomic E-state index is 0.202. The van der Waals surface area contributed by atoms with Crippen molar-refractivity contribution in [2.45, 2.75) is 31.8 Å². The van der Waals surface area contributed by atoms with E-state index in [0.717, 1.165) is 10.5 Å². The first kappa shape index (κ1) is 20.0. The van der Waals surface area contributed by atoms with Gasteiger partial charge in [-0.2, -0.15) is 5.11 Å². The van der Waals surface area contributed by atoms with Crippen LogP contribution in [-0.2, 0) is 14.4 Å². The molecule has 0 saturated carbocycles. The van der Waals surface area contributed by atoms with Crippen LogP contribution in [0.15, 0.2) is 58.9 Å². The Morgan fingerprint density at radius 1 is 1.07 bits per heavy atom. The second kappa shape index (κ2) is 7.87. The Morgan fingerprint density at radius 2 is 1.73 bits per heavy atom. The Morgan fingerprint density at radius 3 is 2.37 bits per heavy atom. The van der Waals surface area contributed by atoms with Crippen molar-refractivity contribution in [1.29, 1.82) is 0 Å². The number of fused-ring (bicyclic) bond motifs is 1. The van der Waals surface area contributed by atoms with Gasteiger partial charge in [0.25, 0.3) is 11.8 Å². The molecule has 4 rings (SSSR count). The maximum absolute atomic E-state index is 13.0. The molecule has 0 radical (unpaired) electrons. The second-order valence-corrected chi connectivity index (χ2v) is 7.94. The first-order chi connectivity index (χ1) is 14.3. The van der Waals surface area contributed by atoms with Crippen molar-refractivity contribution in [2.75, 3.05) is 16.8 Å². The summed E-state index contributed by atoms with van der Waals surface area (Å²) in [6.07, 6.45) is 0. The molecule has 2 aliphatic rings. The van der Waals surface area contributed by atoms with E-state index >= 15 is 0 Å². The fraction of sp³-hybridized carbons (Fsp3) is 0.286. The van der Waals surface area contributed by atoms with E-state index in [2.05, 4.69) is 29.5 Å². The molecule has 0 aliphatic carbocycles. The summed E-state index contributed by atoms with van der Waals surface area (Å²) in [5.74, 6) is -0.915. The molecule has 0 spiro atoms. The molecule has 2 aromatic rings. The van der Waals surface area contributed by atoms with Crippen LogP contribution in [0.4, 0.5) is 11.4 Å². The molecule has 3 amide bonds. The molecule has 2 heterocycles. The predicted octanol–water partition coefficient (Wildman–Crippen LogP) is 3.40. The van der Waals surface area contributed by atoms with Gasteiger partial charge in [0, 0.05) is 10.7 Å². The molecule has 0 aromatic heterocycles. The van der Waals surface area contributed by atoms with Crippen molar-refractivity contribution in [3.05, 3.63) is 59.1 Å². The van der Waals surface area contributed by atoms with Crippen molar-refractivity contribution in [1.82, 2.24) is 5.01 Å². The van der Waals surface area contributed by atoms with Gasteiger partial charge in [0.1, 0.15) is 6.54 Å². The maximum atomic E-state index is 13.0. The molecule has 30 heavy (non-hydrogen) atoms. The van der Waals surface area contributed by atoms with Crippen molar-refractivity contribution in [2.24, 2.45) is 10.3 Å². The molecule has 154 valence electrons. The molecule has 0 unspecified atom stereocenters. The third-order valence-electron chi connectivity index (χ3n) is 5.11. The smallest absolute Gasteiger partial charge is 0.263 e. The van der Waals surface area contributed by atoms with Crippen molar-refractivity contribution >= 4 is 40.7 Å². The van der Waals surface area contributed by atoms with Gasteiger partial charge in [-0.1, -0.05) is 42.8 Å². The van der Waals surface area contributed by atoms with Crippen LogP contribution < -0.4 is 10.2 Å². The molecule has 2 aliphatic heterocycles. The van der Waals surface area contributed by atoms with E-state index < -0.39 is 23.9 Å². The molecular weight excluding hydrogens is 406 g/mol. The number of carbonyl (C=O) groups is 3. The lowest BCUT2D eigenvalue weighted by molar-refractivity contribution is -0.123. The van der Waals surface area contributed by atoms with Crippen LogP contribution in [0.5, 0.6) is 0 Å². The highest BCUT2D eigenvalue weighted by Gasteiger charge is 2.55. The second-order valence-electron chi connectivity index (χ2n) is 7.51. The zero-order chi connectivity index (χ0) is 21.4. The van der Waals surface area contributed by atoms with E-state index in [9.17, 15) is 14.4 Å². The van der Waals surface area contributed by atoms with Crippen molar-refractivity contribution in [3.63, 3.8) is 0 Å². The van der Waals surface area contributed by atoms with Crippen LogP contribution in [0.2, 0.25) is 5.02 Å². The molecule has 0 bridgehead atoms. The van der Waals surface area contributed by atoms with Gasteiger partial charge >= 0.3 is 0 Å². The van der Waals surface area contributed by atoms with Crippen LogP contribution in [0, 0.1) is 0 Å². The summed E-state index contributed by atoms with van der Waals surface area (Å²) in [5, 5.41) is 12.4. The fourth-order valence-electron chi connectivity index (χ4n) is 3.50. The van der Waals surface area contributed by atoms with Gasteiger partial charge in [-0.25, -0.2) is 4.90 Å². The number of hydrogen-bond donors (Lipinski definition) is 1. The van der Waals surface area contributed by atoms with Crippen LogP contribution >= 0.6 is 11.6 Å². The fourth-order valence-corrected chi connectivity index (χ4v) is 3.62. The number of halogens is 1. The molecule has 9 heteroatoms. The van der Waals surface area contributed by atoms with Crippen LogP contribution in [-0.4, -0.2) is 41.4 Å². The number of imide groups is 1. The number of rotatable bonds is 5. The highest BCUT2D eigenvalue weighted by atomic mass is 35.5. The van der Waals surface area contributed by atoms with Crippen LogP contribution in [0.25, 0.3) is 0 Å². The van der Waals surface area contributed by atoms with E-state index in [0.29, 0.717) is 22.3 Å². The Hall–Kier alpha value is -3.26. The number of hydrogen-bond acceptors (Lipinski definition) is 6. The number of nitrogens with zero attached hydrogens (tertiary/aromatic N) is 4. The van der Waals surface area contributed by atoms with Gasteiger partial charge in [0.2, 0.25) is 5.91 Å². The van der Waals surface area contributed by atoms with E-state index in [-0.39, 0.29) is 12.5 Å². The highest BCUT2D eigenvalue weighted by Crippen LogP contribution is 2.32. The van der Waals surface area contributed by atoms with Crippen molar-refractivity contribution < 1.29 is 14.4 Å². The minimum Gasteiger partial charge on any atom is -0.324 e. The van der Waals surface area contributed by atoms with Gasteiger partial charge in [-0.05, 0) is 47.9 Å². The van der Waals surface area contributed by atoms with Gasteiger partial charge in [0.15, 0.2) is 12.1 Å². The predicted molar refractivity (Wildman–Crippen MR) is 112 cm³/mol. The Bertz CT molecular complexity index is 1020. The third kappa shape index (κ3) is 3.66. The number of benzene rings is 2. The summed E-state index contributed by atoms with van der Waals surface area (Å²) in [5.41, 5.74) is 2.17. The van der Waals surface area contributed by atoms with Crippen molar-refractivity contribution in [3.8, 4) is 0 Å². The summed E-state index contributed by atoms with van der Waals surface area (Å²) >= 11 is 5.84. The summed E-state index contributed by atoms with van der Waals surface area (Å²) in [4.78, 5) is 39.3. The average Bonchev–Trinajstić information content (AvgIpc) is 3.23. The van der Waals surface area contributed by atoms with E-state index in [1.807, 2.05) is 12.1 Å². The molecule has 1 fully saturated rings. The molecule has 8 nitrogen and oxygen atoms in total. The molecule has 2 atom stereocenters. The Labute approximate surface area is 178 Å². The maximum Gasteiger partial charge on any atom is 0.263 e. The Balaban J connectivity index is 1.47. The topological polar surface area (TPSA) is 94.4 Å². The SMILES string of the molecule is CC(C)c1ccc(N2C(=O)[C@@H]3[C@@H](N=NN3CC(=O)Nc3ccc(Cl)cc3)C2=O)cc1. The normalized spacial score (nSPS) is 20.3. The number of anilines is 2. The summed E-state index contributed by atoms with van der Waals surface area (Å²) in [6.45, 7) is 3.93. The first-order valence-electron chi connectivity index (χ1n) is 9.56. The van der Waals surface area contributed by atoms with E-state index in [1.54, 1.807) is 36.4 Å². The zero-order valence-electron chi connectivity index (χ0n) is 16.4. The van der Waals surface area contributed by atoms with Crippen LogP contribution in [0.1, 0.15) is 25.3 Å². The molecule has 1 N–H and O–H groups in total. The summed E-state index contributed by atoms with van der Waals surface area (Å²) in [7, 11) is 0. The van der Waals surface area contributed by atoms with E-state index in [1.165, 1.54) is 5.01 Å². The summed E-state index contributed by atoms with van der Waals surface area (Å²) in [6, 6.07) is 12.1. The molecule has 1 saturated heterocycles. The lowest BCUT2D eigenvalue weighted by Gasteiger charge is -2.20. The number of carbonyl (C=O) groups excluding carboxylic acids is 3. The summed E-state index contributed by atoms with van der Waals surface area (Å²) < 4.78 is 0. The highest BCUT2D eigenvalue weighted by molar-refractivity contribution is 6.30. The van der Waals surface area contributed by atoms with Gasteiger partial charge in [0.05, 0.1) is 5.69 Å². The Kier molecular flexibility index (Phi) is 5.26. The van der Waals surface area contributed by atoms with Crippen LogP contribution in [0.3, 0.4) is 0 Å². The number of nitrogens with one attached hydrogen (secondary N) is 1. The van der Waals surface area contributed by atoms with Gasteiger partial charge < -0.3 is 5.32 Å². The standard InChI is InChI=1S/C21H20ClN5O3/c1-12(2)13-3-9-16(10-4-13)27-20(29)18-19(21(27)30)26(25-24-18)11-17(28)23-15-7-5-14(22)6-8-15/h3-10,12,18-19H,11H2,1-2H3,(H,23,28)/t18-,19+/m1/s1. The molecule has 2 aromatic carbocycles. The van der Waals surface area contributed by atoms with Gasteiger partial charge in [-0.15, -0.1) is 0 Å². The zero-order valence-corrected chi connectivity index (χ0v) is 17.2. The number of amides is 3. The monoisotopic (exact) mass is 425 g/mol. The third-order valence-corrected chi connectivity index (χ3v) is 5.36. The lowest BCUT2D eigenvalue weighted by atomic mass is 10.0. The quantitative estimate of drug-likeness (QED) is 0.743.